The van der Waals surface area contributed by atoms with Crippen LogP contribution in [0.5, 0.6) is 0 Å². The van der Waals surface area contributed by atoms with E-state index in [-0.39, 0.29) is 35.8 Å². The minimum atomic E-state index is -2.89. The van der Waals surface area contributed by atoms with Crippen molar-refractivity contribution < 1.29 is 13.2 Å². The highest BCUT2D eigenvalue weighted by atomic mass is 32.2. The van der Waals surface area contributed by atoms with Crippen LogP contribution in [0.3, 0.4) is 0 Å². The van der Waals surface area contributed by atoms with Gasteiger partial charge in [0.05, 0.1) is 11.5 Å². The molecular formula is C14H20N2O3S. The average Bonchev–Trinajstić information content (AvgIpc) is 2.77. The van der Waals surface area contributed by atoms with E-state index in [9.17, 15) is 13.2 Å². The van der Waals surface area contributed by atoms with E-state index in [4.69, 9.17) is 5.73 Å². The highest BCUT2D eigenvalue weighted by Gasteiger charge is 2.28. The van der Waals surface area contributed by atoms with Gasteiger partial charge in [-0.05, 0) is 17.9 Å². The lowest BCUT2D eigenvalue weighted by molar-refractivity contribution is -0.121. The van der Waals surface area contributed by atoms with Gasteiger partial charge in [0.1, 0.15) is 0 Å². The van der Waals surface area contributed by atoms with Gasteiger partial charge in [-0.15, -0.1) is 0 Å². The Morgan fingerprint density at radius 2 is 2.05 bits per heavy atom. The summed E-state index contributed by atoms with van der Waals surface area (Å²) in [7, 11) is -2.89. The SMILES string of the molecule is NC(CC(=O)NCC1CCS(=O)(=O)C1)c1ccccc1. The van der Waals surface area contributed by atoms with Crippen molar-refractivity contribution in [2.24, 2.45) is 11.7 Å². The Morgan fingerprint density at radius 3 is 2.65 bits per heavy atom. The van der Waals surface area contributed by atoms with E-state index in [0.29, 0.717) is 13.0 Å². The maximum Gasteiger partial charge on any atom is 0.221 e. The van der Waals surface area contributed by atoms with E-state index in [0.717, 1.165) is 5.56 Å². The van der Waals surface area contributed by atoms with Crippen LogP contribution >= 0.6 is 0 Å². The van der Waals surface area contributed by atoms with Crippen LogP contribution in [0.4, 0.5) is 0 Å². The van der Waals surface area contributed by atoms with Gasteiger partial charge < -0.3 is 11.1 Å². The Morgan fingerprint density at radius 1 is 1.35 bits per heavy atom. The Balaban J connectivity index is 1.76. The van der Waals surface area contributed by atoms with E-state index in [1.54, 1.807) is 0 Å². The number of carbonyl (C=O) groups is 1. The number of nitrogens with one attached hydrogen (secondary N) is 1. The second-order valence-electron chi connectivity index (χ2n) is 5.29. The highest BCUT2D eigenvalue weighted by Crippen LogP contribution is 2.18. The molecule has 20 heavy (non-hydrogen) atoms. The van der Waals surface area contributed by atoms with Crippen LogP contribution in [0.2, 0.25) is 0 Å². The molecule has 5 nitrogen and oxygen atoms in total. The number of rotatable bonds is 5. The van der Waals surface area contributed by atoms with Crippen molar-refractivity contribution in [1.82, 2.24) is 5.32 Å². The minimum absolute atomic E-state index is 0.0388. The maximum atomic E-state index is 11.8. The summed E-state index contributed by atoms with van der Waals surface area (Å²) in [6, 6.07) is 9.12. The second-order valence-corrected chi connectivity index (χ2v) is 7.52. The molecule has 1 aliphatic heterocycles. The molecule has 3 N–H and O–H groups in total. The van der Waals surface area contributed by atoms with Crippen LogP contribution in [0.1, 0.15) is 24.4 Å². The molecule has 1 fully saturated rings. The molecule has 6 heteroatoms. The van der Waals surface area contributed by atoms with E-state index in [1.807, 2.05) is 30.3 Å². The van der Waals surface area contributed by atoms with Crippen LogP contribution in [-0.4, -0.2) is 32.4 Å². The maximum absolute atomic E-state index is 11.8. The topological polar surface area (TPSA) is 89.3 Å². The summed E-state index contributed by atoms with van der Waals surface area (Å²) in [5.41, 5.74) is 6.89. The number of benzene rings is 1. The molecule has 0 bridgehead atoms. The molecular weight excluding hydrogens is 276 g/mol. The van der Waals surface area contributed by atoms with Crippen molar-refractivity contribution in [3.05, 3.63) is 35.9 Å². The molecule has 0 spiro atoms. The van der Waals surface area contributed by atoms with Crippen LogP contribution < -0.4 is 11.1 Å². The Labute approximate surface area is 119 Å². The van der Waals surface area contributed by atoms with Gasteiger partial charge in [-0.2, -0.15) is 0 Å². The van der Waals surface area contributed by atoms with E-state index >= 15 is 0 Å². The lowest BCUT2D eigenvalue weighted by Crippen LogP contribution is -2.32. The summed E-state index contributed by atoms with van der Waals surface area (Å²) in [6.07, 6.45) is 0.844. The number of hydrogen-bond acceptors (Lipinski definition) is 4. The van der Waals surface area contributed by atoms with Gasteiger partial charge in [-0.3, -0.25) is 4.79 Å². The van der Waals surface area contributed by atoms with Gasteiger partial charge in [0.15, 0.2) is 9.84 Å². The average molecular weight is 296 g/mol. The Kier molecular flexibility index (Phi) is 4.77. The van der Waals surface area contributed by atoms with Crippen molar-refractivity contribution in [2.45, 2.75) is 18.9 Å². The number of carbonyl (C=O) groups excluding carboxylic acids is 1. The first-order chi connectivity index (χ1) is 9.46. The molecule has 2 atom stereocenters. The largest absolute Gasteiger partial charge is 0.356 e. The first-order valence-corrected chi connectivity index (χ1v) is 8.56. The summed E-state index contributed by atoms with van der Waals surface area (Å²) < 4.78 is 22.6. The fourth-order valence-electron chi connectivity index (χ4n) is 2.38. The van der Waals surface area contributed by atoms with Crippen molar-refractivity contribution in [3.8, 4) is 0 Å². The number of nitrogens with two attached hydrogens (primary N) is 1. The normalized spacial score (nSPS) is 22.4. The summed E-state index contributed by atoms with van der Waals surface area (Å²) in [5.74, 6) is 0.317. The zero-order valence-corrected chi connectivity index (χ0v) is 12.1. The van der Waals surface area contributed by atoms with Crippen LogP contribution in [0.15, 0.2) is 30.3 Å². The van der Waals surface area contributed by atoms with Gasteiger partial charge >= 0.3 is 0 Å². The fraction of sp³-hybridized carbons (Fsp3) is 0.500. The van der Waals surface area contributed by atoms with Gasteiger partial charge in [0, 0.05) is 19.0 Å². The monoisotopic (exact) mass is 296 g/mol. The molecule has 0 aliphatic carbocycles. The van der Waals surface area contributed by atoms with Crippen LogP contribution in [0.25, 0.3) is 0 Å². The molecule has 110 valence electrons. The van der Waals surface area contributed by atoms with E-state index in [2.05, 4.69) is 5.32 Å². The molecule has 0 aromatic heterocycles. The molecule has 1 saturated heterocycles. The zero-order valence-electron chi connectivity index (χ0n) is 11.3. The lowest BCUT2D eigenvalue weighted by Gasteiger charge is -2.13. The molecule has 1 aliphatic rings. The van der Waals surface area contributed by atoms with Crippen molar-refractivity contribution in [3.63, 3.8) is 0 Å². The van der Waals surface area contributed by atoms with Crippen molar-refractivity contribution in [2.75, 3.05) is 18.1 Å². The molecule has 1 aromatic rings. The predicted molar refractivity (Wildman–Crippen MR) is 77.8 cm³/mol. The quantitative estimate of drug-likeness (QED) is 0.834. The summed E-state index contributed by atoms with van der Waals surface area (Å²) in [6.45, 7) is 0.416. The summed E-state index contributed by atoms with van der Waals surface area (Å²) in [5, 5.41) is 2.78. The van der Waals surface area contributed by atoms with Crippen LogP contribution in [0, 0.1) is 5.92 Å². The van der Waals surface area contributed by atoms with Gasteiger partial charge in [-0.25, -0.2) is 8.42 Å². The molecule has 2 unspecified atom stereocenters. The molecule has 1 aromatic carbocycles. The number of hydrogen-bond donors (Lipinski definition) is 2. The van der Waals surface area contributed by atoms with Gasteiger partial charge in [0.2, 0.25) is 5.91 Å². The van der Waals surface area contributed by atoms with Gasteiger partial charge in [0.25, 0.3) is 0 Å². The third kappa shape index (κ3) is 4.31. The smallest absolute Gasteiger partial charge is 0.221 e. The molecule has 0 radical (unpaired) electrons. The van der Waals surface area contributed by atoms with Gasteiger partial charge in [-0.1, -0.05) is 30.3 Å². The third-order valence-electron chi connectivity index (χ3n) is 3.55. The Hall–Kier alpha value is -1.40. The van der Waals surface area contributed by atoms with E-state index in [1.165, 1.54) is 0 Å². The molecule has 1 amide bonds. The molecule has 2 rings (SSSR count). The third-order valence-corrected chi connectivity index (χ3v) is 5.38. The first kappa shape index (κ1) is 15.0. The van der Waals surface area contributed by atoms with E-state index < -0.39 is 9.84 Å². The Bertz CT molecular complexity index is 557. The lowest BCUT2D eigenvalue weighted by atomic mass is 10.0. The summed E-state index contributed by atoms with van der Waals surface area (Å²) in [4.78, 5) is 11.8. The summed E-state index contributed by atoms with van der Waals surface area (Å²) >= 11 is 0. The zero-order chi connectivity index (χ0) is 14.6. The van der Waals surface area contributed by atoms with Crippen molar-refractivity contribution >= 4 is 15.7 Å². The highest BCUT2D eigenvalue weighted by molar-refractivity contribution is 7.91. The molecule has 0 saturated carbocycles. The molecule has 1 heterocycles. The standard InChI is InChI=1S/C14H20N2O3S/c15-13(12-4-2-1-3-5-12)8-14(17)16-9-11-6-7-20(18,19)10-11/h1-5,11,13H,6-10,15H2,(H,16,17). The van der Waals surface area contributed by atoms with Crippen LogP contribution in [-0.2, 0) is 14.6 Å². The first-order valence-electron chi connectivity index (χ1n) is 6.74. The second kappa shape index (κ2) is 6.37. The minimum Gasteiger partial charge on any atom is -0.356 e. The number of sulfone groups is 1. The predicted octanol–water partition coefficient (Wildman–Crippen LogP) is 0.627. The van der Waals surface area contributed by atoms with Crippen molar-refractivity contribution in [1.29, 1.82) is 0 Å². The number of amides is 1. The fourth-order valence-corrected chi connectivity index (χ4v) is 4.24.